The Morgan fingerprint density at radius 2 is 1.93 bits per heavy atom. The summed E-state index contributed by atoms with van der Waals surface area (Å²) < 4.78 is 18.7. The maximum atomic E-state index is 13.2. The molecule has 0 unspecified atom stereocenters. The number of carbonyl (C=O) groups is 1. The highest BCUT2D eigenvalue weighted by molar-refractivity contribution is 8.18. The zero-order chi connectivity index (χ0) is 21.1. The number of hydrogen-bond acceptors (Lipinski definition) is 4. The third-order valence-corrected chi connectivity index (χ3v) is 5.79. The van der Waals surface area contributed by atoms with E-state index in [-0.39, 0.29) is 11.7 Å². The number of amidine groups is 1. The summed E-state index contributed by atoms with van der Waals surface area (Å²) in [6.07, 6.45) is 1.92. The van der Waals surface area contributed by atoms with Crippen LogP contribution in [-0.4, -0.2) is 29.6 Å². The number of halogens is 1. The van der Waals surface area contributed by atoms with Crippen molar-refractivity contribution in [2.24, 2.45) is 4.99 Å². The van der Waals surface area contributed by atoms with Crippen molar-refractivity contribution in [2.75, 3.05) is 13.7 Å². The standard InChI is InChI=1S/C23H25FN2O2S/c1-6-26-22(27)21(29-23(26)25-18-9-7-17(24)8-10-18)13-16-12-19(14(2)3)20(28-5)11-15(16)4/h7-14H,6H2,1-5H3/b21-13+,25-23?. The van der Waals surface area contributed by atoms with Crippen molar-refractivity contribution in [1.82, 2.24) is 4.90 Å². The number of rotatable bonds is 5. The van der Waals surface area contributed by atoms with Crippen LogP contribution in [0.3, 0.4) is 0 Å². The van der Waals surface area contributed by atoms with Crippen LogP contribution < -0.4 is 4.74 Å². The van der Waals surface area contributed by atoms with Gasteiger partial charge in [-0.15, -0.1) is 0 Å². The van der Waals surface area contributed by atoms with E-state index in [1.807, 2.05) is 26.0 Å². The van der Waals surface area contributed by atoms with Gasteiger partial charge in [-0.1, -0.05) is 13.8 Å². The first kappa shape index (κ1) is 21.1. The van der Waals surface area contributed by atoms with Crippen LogP contribution in [0.1, 0.15) is 43.4 Å². The van der Waals surface area contributed by atoms with E-state index in [9.17, 15) is 9.18 Å². The second-order valence-electron chi connectivity index (χ2n) is 7.14. The van der Waals surface area contributed by atoms with Crippen molar-refractivity contribution in [3.63, 3.8) is 0 Å². The second-order valence-corrected chi connectivity index (χ2v) is 8.15. The van der Waals surface area contributed by atoms with Gasteiger partial charge in [-0.3, -0.25) is 9.69 Å². The van der Waals surface area contributed by atoms with Gasteiger partial charge in [-0.25, -0.2) is 9.38 Å². The quantitative estimate of drug-likeness (QED) is 0.575. The van der Waals surface area contributed by atoms with E-state index in [1.54, 1.807) is 24.1 Å². The SMILES string of the molecule is CCN1C(=O)/C(=C\c2cc(C(C)C)c(OC)cc2C)SC1=Nc1ccc(F)cc1. The molecule has 2 aromatic carbocycles. The van der Waals surface area contributed by atoms with Gasteiger partial charge in [-0.2, -0.15) is 0 Å². The molecule has 29 heavy (non-hydrogen) atoms. The van der Waals surface area contributed by atoms with Gasteiger partial charge in [0.25, 0.3) is 5.91 Å². The minimum Gasteiger partial charge on any atom is -0.496 e. The number of methoxy groups -OCH3 is 1. The second kappa shape index (κ2) is 8.82. The molecular formula is C23H25FN2O2S. The van der Waals surface area contributed by atoms with Gasteiger partial charge in [0.05, 0.1) is 17.7 Å². The molecule has 0 spiro atoms. The Morgan fingerprint density at radius 1 is 1.24 bits per heavy atom. The van der Waals surface area contributed by atoms with Crippen molar-refractivity contribution < 1.29 is 13.9 Å². The Morgan fingerprint density at radius 3 is 2.52 bits per heavy atom. The fourth-order valence-electron chi connectivity index (χ4n) is 3.14. The minimum absolute atomic E-state index is 0.0697. The Hall–Kier alpha value is -2.60. The minimum atomic E-state index is -0.312. The maximum Gasteiger partial charge on any atom is 0.266 e. The van der Waals surface area contributed by atoms with Crippen molar-refractivity contribution in [3.8, 4) is 5.75 Å². The van der Waals surface area contributed by atoms with Crippen LogP contribution in [0.25, 0.3) is 6.08 Å². The van der Waals surface area contributed by atoms with Crippen LogP contribution in [0.2, 0.25) is 0 Å². The third-order valence-electron chi connectivity index (χ3n) is 4.78. The average Bonchev–Trinajstić information content (AvgIpc) is 2.98. The number of amides is 1. The third kappa shape index (κ3) is 4.53. The van der Waals surface area contributed by atoms with Crippen molar-refractivity contribution in [2.45, 2.75) is 33.6 Å². The first-order valence-corrected chi connectivity index (χ1v) is 10.4. The summed E-state index contributed by atoms with van der Waals surface area (Å²) in [7, 11) is 1.67. The lowest BCUT2D eigenvalue weighted by atomic mass is 9.96. The van der Waals surface area contributed by atoms with E-state index in [0.29, 0.717) is 28.2 Å². The molecule has 0 saturated carbocycles. The zero-order valence-corrected chi connectivity index (χ0v) is 18.1. The molecule has 1 heterocycles. The Kier molecular flexibility index (Phi) is 6.42. The molecule has 0 radical (unpaired) electrons. The number of hydrogen-bond donors (Lipinski definition) is 0. The first-order chi connectivity index (χ1) is 13.8. The molecule has 0 aromatic heterocycles. The van der Waals surface area contributed by atoms with Gasteiger partial charge in [0.1, 0.15) is 11.6 Å². The average molecular weight is 413 g/mol. The van der Waals surface area contributed by atoms with Gasteiger partial charge in [0.2, 0.25) is 0 Å². The summed E-state index contributed by atoms with van der Waals surface area (Å²) in [6, 6.07) is 10.0. The molecule has 1 fully saturated rings. The number of aryl methyl sites for hydroxylation is 1. The van der Waals surface area contributed by atoms with E-state index >= 15 is 0 Å². The molecule has 1 aliphatic rings. The lowest BCUT2D eigenvalue weighted by Gasteiger charge is -2.15. The highest BCUT2D eigenvalue weighted by Crippen LogP contribution is 2.36. The van der Waals surface area contributed by atoms with Crippen LogP contribution >= 0.6 is 11.8 Å². The Bertz CT molecular complexity index is 981. The van der Waals surface area contributed by atoms with E-state index < -0.39 is 0 Å². The Balaban J connectivity index is 1.99. The highest BCUT2D eigenvalue weighted by atomic mass is 32.2. The fourth-order valence-corrected chi connectivity index (χ4v) is 4.19. The van der Waals surface area contributed by atoms with E-state index in [0.717, 1.165) is 22.4 Å². The number of benzene rings is 2. The molecular weight excluding hydrogens is 387 g/mol. The predicted octanol–water partition coefficient (Wildman–Crippen LogP) is 5.89. The molecule has 2 aromatic rings. The molecule has 3 rings (SSSR count). The molecule has 0 bridgehead atoms. The lowest BCUT2D eigenvalue weighted by Crippen LogP contribution is -2.28. The maximum absolute atomic E-state index is 13.2. The zero-order valence-electron chi connectivity index (χ0n) is 17.3. The van der Waals surface area contributed by atoms with Gasteiger partial charge in [-0.05, 0) is 90.7 Å². The summed E-state index contributed by atoms with van der Waals surface area (Å²) in [5.74, 6) is 0.781. The molecule has 0 aliphatic carbocycles. The normalized spacial score (nSPS) is 17.1. The Labute approximate surface area is 175 Å². The van der Waals surface area contributed by atoms with Crippen molar-refractivity contribution in [3.05, 3.63) is 63.8 Å². The molecule has 1 saturated heterocycles. The van der Waals surface area contributed by atoms with Crippen LogP contribution in [-0.2, 0) is 4.79 Å². The van der Waals surface area contributed by atoms with E-state index in [2.05, 4.69) is 24.9 Å². The van der Waals surface area contributed by atoms with Crippen LogP contribution in [0.15, 0.2) is 46.3 Å². The van der Waals surface area contributed by atoms with E-state index in [4.69, 9.17) is 4.74 Å². The van der Waals surface area contributed by atoms with Crippen LogP contribution in [0.4, 0.5) is 10.1 Å². The number of thioether (sulfide) groups is 1. The molecule has 1 aliphatic heterocycles. The van der Waals surface area contributed by atoms with E-state index in [1.165, 1.54) is 23.9 Å². The summed E-state index contributed by atoms with van der Waals surface area (Å²) in [4.78, 5) is 19.7. The molecule has 0 atom stereocenters. The molecule has 152 valence electrons. The topological polar surface area (TPSA) is 41.9 Å². The molecule has 1 amide bonds. The largest absolute Gasteiger partial charge is 0.496 e. The monoisotopic (exact) mass is 412 g/mol. The number of ether oxygens (including phenoxy) is 1. The predicted molar refractivity (Wildman–Crippen MR) is 118 cm³/mol. The summed E-state index contributed by atoms with van der Waals surface area (Å²) in [5, 5.41) is 0.602. The van der Waals surface area contributed by atoms with Gasteiger partial charge in [0.15, 0.2) is 5.17 Å². The van der Waals surface area contributed by atoms with Crippen molar-refractivity contribution in [1.29, 1.82) is 0 Å². The molecule has 4 nitrogen and oxygen atoms in total. The fraction of sp³-hybridized carbons (Fsp3) is 0.304. The molecule has 0 N–H and O–H groups in total. The summed E-state index contributed by atoms with van der Waals surface area (Å²) in [6.45, 7) is 8.67. The number of likely N-dealkylation sites (N-methyl/N-ethyl adjacent to an activating group) is 1. The van der Waals surface area contributed by atoms with Gasteiger partial charge in [0, 0.05) is 6.54 Å². The molecule has 6 heteroatoms. The number of nitrogens with zero attached hydrogens (tertiary/aromatic N) is 2. The number of aliphatic imine (C=N–C) groups is 1. The summed E-state index contributed by atoms with van der Waals surface area (Å²) >= 11 is 1.34. The summed E-state index contributed by atoms with van der Waals surface area (Å²) in [5.41, 5.74) is 3.75. The highest BCUT2D eigenvalue weighted by Gasteiger charge is 2.32. The number of carbonyl (C=O) groups excluding carboxylic acids is 1. The van der Waals surface area contributed by atoms with Gasteiger partial charge >= 0.3 is 0 Å². The smallest absolute Gasteiger partial charge is 0.266 e. The van der Waals surface area contributed by atoms with Crippen LogP contribution in [0, 0.1) is 12.7 Å². The lowest BCUT2D eigenvalue weighted by molar-refractivity contribution is -0.122. The first-order valence-electron chi connectivity index (χ1n) is 9.58. The van der Waals surface area contributed by atoms with Crippen LogP contribution in [0.5, 0.6) is 5.75 Å². The van der Waals surface area contributed by atoms with Gasteiger partial charge < -0.3 is 4.74 Å². The van der Waals surface area contributed by atoms with Crippen molar-refractivity contribution >= 4 is 34.6 Å².